The number of benzene rings is 3. The van der Waals surface area contributed by atoms with Gasteiger partial charge in [0.25, 0.3) is 5.91 Å². The molecule has 0 aliphatic carbocycles. The van der Waals surface area contributed by atoms with Crippen LogP contribution in [-0.4, -0.2) is 36.7 Å². The van der Waals surface area contributed by atoms with E-state index in [1.807, 2.05) is 30.3 Å². The monoisotopic (exact) mass is 558 g/mol. The van der Waals surface area contributed by atoms with E-state index in [1.54, 1.807) is 26.4 Å². The molecule has 4 rings (SSSR count). The molecule has 1 amide bonds. The standard InChI is InChI=1S/C26H27IN2O4/c1-32-24-13-18(7-8-22(24)27)26(31)28-14-19-5-3-4-6-20(19)15-29-10-9-17-12-25(33-2)23(30)11-21(17)16-29/h3-8,11-13,30H,9-10,14-16H2,1-2H3,(H,28,31). The molecule has 0 aromatic heterocycles. The molecule has 0 fully saturated rings. The second-order valence-electron chi connectivity index (χ2n) is 8.05. The first kappa shape index (κ1) is 23.4. The lowest BCUT2D eigenvalue weighted by Crippen LogP contribution is -2.31. The molecule has 6 nitrogen and oxygen atoms in total. The van der Waals surface area contributed by atoms with E-state index in [2.05, 4.69) is 44.9 Å². The van der Waals surface area contributed by atoms with Gasteiger partial charge in [0.05, 0.1) is 17.8 Å². The molecule has 0 bridgehead atoms. The van der Waals surface area contributed by atoms with Crippen LogP contribution in [-0.2, 0) is 26.1 Å². The van der Waals surface area contributed by atoms with Crippen LogP contribution >= 0.6 is 22.6 Å². The van der Waals surface area contributed by atoms with Crippen LogP contribution in [0.25, 0.3) is 0 Å². The molecule has 0 atom stereocenters. The number of nitrogens with one attached hydrogen (secondary N) is 1. The van der Waals surface area contributed by atoms with Crippen molar-refractivity contribution in [3.63, 3.8) is 0 Å². The number of phenols is 1. The molecule has 1 aliphatic rings. The van der Waals surface area contributed by atoms with Gasteiger partial charge in [-0.3, -0.25) is 9.69 Å². The summed E-state index contributed by atoms with van der Waals surface area (Å²) in [5.74, 6) is 1.26. The molecular formula is C26H27IN2O4. The first-order valence-electron chi connectivity index (χ1n) is 10.8. The van der Waals surface area contributed by atoms with Gasteiger partial charge in [0.1, 0.15) is 5.75 Å². The molecule has 33 heavy (non-hydrogen) atoms. The molecule has 0 saturated heterocycles. The predicted molar refractivity (Wildman–Crippen MR) is 136 cm³/mol. The van der Waals surface area contributed by atoms with E-state index in [0.29, 0.717) is 23.6 Å². The third-order valence-corrected chi connectivity index (χ3v) is 6.85. The van der Waals surface area contributed by atoms with Crippen LogP contribution in [0.3, 0.4) is 0 Å². The maximum atomic E-state index is 12.7. The van der Waals surface area contributed by atoms with Crippen LogP contribution in [0.4, 0.5) is 0 Å². The number of hydrogen-bond acceptors (Lipinski definition) is 5. The summed E-state index contributed by atoms with van der Waals surface area (Å²) in [6.07, 6.45) is 0.902. The SMILES string of the molecule is COc1cc2c(cc1O)CN(Cc1ccccc1CNC(=O)c1ccc(I)c(OC)c1)CC2. The molecule has 172 valence electrons. The van der Waals surface area contributed by atoms with E-state index < -0.39 is 0 Å². The third kappa shape index (κ3) is 5.42. The van der Waals surface area contributed by atoms with Crippen LogP contribution in [0.2, 0.25) is 0 Å². The average Bonchev–Trinajstić information content (AvgIpc) is 2.83. The molecule has 1 heterocycles. The number of fused-ring (bicyclic) bond motifs is 1. The van der Waals surface area contributed by atoms with Crippen molar-refractivity contribution in [3.8, 4) is 17.2 Å². The molecule has 0 unspecified atom stereocenters. The maximum Gasteiger partial charge on any atom is 0.251 e. The van der Waals surface area contributed by atoms with Gasteiger partial charge in [0, 0.05) is 31.7 Å². The smallest absolute Gasteiger partial charge is 0.251 e. The van der Waals surface area contributed by atoms with Gasteiger partial charge in [-0.15, -0.1) is 0 Å². The number of phenolic OH excluding ortho intramolecular Hbond substituents is 1. The van der Waals surface area contributed by atoms with E-state index in [1.165, 1.54) is 11.1 Å². The highest BCUT2D eigenvalue weighted by Crippen LogP contribution is 2.33. The van der Waals surface area contributed by atoms with E-state index in [0.717, 1.165) is 40.8 Å². The van der Waals surface area contributed by atoms with Crippen LogP contribution in [0.15, 0.2) is 54.6 Å². The lowest BCUT2D eigenvalue weighted by atomic mass is 9.97. The van der Waals surface area contributed by atoms with Crippen molar-refractivity contribution >= 4 is 28.5 Å². The number of hydrogen-bond donors (Lipinski definition) is 2. The Kier molecular flexibility index (Phi) is 7.39. The molecule has 3 aromatic carbocycles. The van der Waals surface area contributed by atoms with Crippen LogP contribution in [0.5, 0.6) is 17.2 Å². The minimum absolute atomic E-state index is 0.129. The fraction of sp³-hybridized carbons (Fsp3) is 0.269. The Bertz CT molecular complexity index is 1170. The molecular weight excluding hydrogens is 531 g/mol. The van der Waals surface area contributed by atoms with Gasteiger partial charge < -0.3 is 19.9 Å². The quantitative estimate of drug-likeness (QED) is 0.418. The maximum absolute atomic E-state index is 12.7. The van der Waals surface area contributed by atoms with Crippen LogP contribution < -0.4 is 14.8 Å². The molecule has 3 aromatic rings. The number of aromatic hydroxyl groups is 1. The van der Waals surface area contributed by atoms with E-state index in [9.17, 15) is 9.90 Å². The molecule has 0 saturated carbocycles. The minimum atomic E-state index is -0.129. The largest absolute Gasteiger partial charge is 0.504 e. The summed E-state index contributed by atoms with van der Waals surface area (Å²) >= 11 is 2.19. The zero-order valence-corrected chi connectivity index (χ0v) is 20.9. The predicted octanol–water partition coefficient (Wildman–Crippen LogP) is 4.50. The van der Waals surface area contributed by atoms with Crippen molar-refractivity contribution in [2.45, 2.75) is 26.1 Å². The van der Waals surface area contributed by atoms with E-state index >= 15 is 0 Å². The Morgan fingerprint density at radius 3 is 2.55 bits per heavy atom. The number of carbonyl (C=O) groups excluding carboxylic acids is 1. The van der Waals surface area contributed by atoms with Crippen molar-refractivity contribution in [1.82, 2.24) is 10.2 Å². The minimum Gasteiger partial charge on any atom is -0.504 e. The zero-order valence-electron chi connectivity index (χ0n) is 18.7. The van der Waals surface area contributed by atoms with Gasteiger partial charge in [-0.2, -0.15) is 0 Å². The highest BCUT2D eigenvalue weighted by Gasteiger charge is 2.20. The lowest BCUT2D eigenvalue weighted by Gasteiger charge is -2.30. The Morgan fingerprint density at radius 2 is 1.79 bits per heavy atom. The van der Waals surface area contributed by atoms with Gasteiger partial charge in [-0.25, -0.2) is 0 Å². The van der Waals surface area contributed by atoms with Crippen molar-refractivity contribution in [3.05, 3.63) is 86.0 Å². The van der Waals surface area contributed by atoms with E-state index in [-0.39, 0.29) is 11.7 Å². The van der Waals surface area contributed by atoms with Crippen molar-refractivity contribution in [1.29, 1.82) is 0 Å². The second-order valence-corrected chi connectivity index (χ2v) is 9.22. The van der Waals surface area contributed by atoms with Crippen molar-refractivity contribution in [2.75, 3.05) is 20.8 Å². The molecule has 0 spiro atoms. The van der Waals surface area contributed by atoms with Crippen molar-refractivity contribution in [2.24, 2.45) is 0 Å². The highest BCUT2D eigenvalue weighted by molar-refractivity contribution is 14.1. The summed E-state index contributed by atoms with van der Waals surface area (Å²) in [5, 5.41) is 13.2. The first-order chi connectivity index (χ1) is 16.0. The molecule has 7 heteroatoms. The van der Waals surface area contributed by atoms with Gasteiger partial charge in [0.15, 0.2) is 11.5 Å². The Morgan fingerprint density at radius 1 is 1.03 bits per heavy atom. The van der Waals surface area contributed by atoms with Crippen molar-refractivity contribution < 1.29 is 19.4 Å². The number of ether oxygens (including phenoxy) is 2. The summed E-state index contributed by atoms with van der Waals surface area (Å²) in [4.78, 5) is 15.1. The molecule has 2 N–H and O–H groups in total. The van der Waals surface area contributed by atoms with Crippen LogP contribution in [0, 0.1) is 3.57 Å². The van der Waals surface area contributed by atoms with E-state index in [4.69, 9.17) is 9.47 Å². The summed E-state index contributed by atoms with van der Waals surface area (Å²) in [6, 6.07) is 17.4. The second kappa shape index (κ2) is 10.4. The summed E-state index contributed by atoms with van der Waals surface area (Å²) in [6.45, 7) is 2.90. The lowest BCUT2D eigenvalue weighted by molar-refractivity contribution is 0.0950. The number of halogens is 1. The molecule has 0 radical (unpaired) electrons. The number of methoxy groups -OCH3 is 2. The number of rotatable bonds is 7. The van der Waals surface area contributed by atoms with Gasteiger partial charge >= 0.3 is 0 Å². The van der Waals surface area contributed by atoms with Gasteiger partial charge in [0.2, 0.25) is 0 Å². The fourth-order valence-electron chi connectivity index (χ4n) is 4.13. The Labute approximate surface area is 207 Å². The fourth-order valence-corrected chi connectivity index (χ4v) is 4.69. The number of carbonyl (C=O) groups is 1. The third-order valence-electron chi connectivity index (χ3n) is 5.96. The number of amides is 1. The van der Waals surface area contributed by atoms with Gasteiger partial charge in [-0.05, 0) is 81.6 Å². The Balaban J connectivity index is 1.43. The Hall–Kier alpha value is -2.78. The normalized spacial score (nSPS) is 13.3. The zero-order chi connectivity index (χ0) is 23.4. The topological polar surface area (TPSA) is 71.0 Å². The summed E-state index contributed by atoms with van der Waals surface area (Å²) in [5.41, 5.74) is 5.19. The summed E-state index contributed by atoms with van der Waals surface area (Å²) < 4.78 is 11.5. The van der Waals surface area contributed by atoms with Crippen LogP contribution in [0.1, 0.15) is 32.6 Å². The average molecular weight is 558 g/mol. The molecule has 1 aliphatic heterocycles. The number of nitrogens with zero attached hydrogens (tertiary/aromatic N) is 1. The highest BCUT2D eigenvalue weighted by atomic mass is 127. The van der Waals surface area contributed by atoms with Gasteiger partial charge in [-0.1, -0.05) is 24.3 Å². The summed E-state index contributed by atoms with van der Waals surface area (Å²) in [7, 11) is 3.17. The first-order valence-corrected chi connectivity index (χ1v) is 11.9.